The highest BCUT2D eigenvalue weighted by Gasteiger charge is 2.43. The fourth-order valence-electron chi connectivity index (χ4n) is 3.73. The van der Waals surface area contributed by atoms with Gasteiger partial charge in [0.25, 0.3) is 0 Å². The summed E-state index contributed by atoms with van der Waals surface area (Å²) in [5.41, 5.74) is 0. The Morgan fingerprint density at radius 1 is 1.33 bits per heavy atom. The number of rotatable bonds is 6. The lowest BCUT2D eigenvalue weighted by molar-refractivity contribution is -0.138. The van der Waals surface area contributed by atoms with Crippen molar-refractivity contribution in [2.75, 3.05) is 20.3 Å². The van der Waals surface area contributed by atoms with Crippen molar-refractivity contribution < 1.29 is 19.4 Å². The maximum atomic E-state index is 12.4. The average Bonchev–Trinajstić information content (AvgIpc) is 2.67. The summed E-state index contributed by atoms with van der Waals surface area (Å²) in [6.07, 6.45) is 3.88. The van der Waals surface area contributed by atoms with Crippen molar-refractivity contribution in [3.63, 3.8) is 0 Å². The summed E-state index contributed by atoms with van der Waals surface area (Å²) in [4.78, 5) is 25.2. The number of carboxylic acid groups (broad SMARTS) is 1. The molecular formula is C15H26N2O4. The smallest absolute Gasteiger partial charge is 0.317 e. The van der Waals surface area contributed by atoms with Crippen LogP contribution in [0.25, 0.3) is 0 Å². The highest BCUT2D eigenvalue weighted by atomic mass is 16.5. The normalized spacial score (nSPS) is 29.2. The van der Waals surface area contributed by atoms with Crippen LogP contribution in [-0.2, 0) is 9.53 Å². The van der Waals surface area contributed by atoms with Crippen LogP contribution in [0.4, 0.5) is 4.79 Å². The predicted molar refractivity (Wildman–Crippen MR) is 78.1 cm³/mol. The number of ether oxygens (including phenoxy) is 1. The van der Waals surface area contributed by atoms with Crippen LogP contribution in [0.2, 0.25) is 0 Å². The lowest BCUT2D eigenvalue weighted by Crippen LogP contribution is -2.51. The van der Waals surface area contributed by atoms with Gasteiger partial charge in [0.15, 0.2) is 0 Å². The highest BCUT2D eigenvalue weighted by Crippen LogP contribution is 2.39. The molecule has 2 amide bonds. The van der Waals surface area contributed by atoms with Gasteiger partial charge in [-0.05, 0) is 37.5 Å². The molecule has 2 aliphatic rings. The van der Waals surface area contributed by atoms with E-state index in [1.165, 1.54) is 0 Å². The molecule has 2 N–H and O–H groups in total. The summed E-state index contributed by atoms with van der Waals surface area (Å²) < 4.78 is 5.07. The molecule has 2 heterocycles. The van der Waals surface area contributed by atoms with E-state index in [1.807, 2.05) is 11.8 Å². The summed E-state index contributed by atoms with van der Waals surface area (Å²) in [6.45, 7) is 3.28. The minimum absolute atomic E-state index is 0.000715. The Hall–Kier alpha value is -1.30. The summed E-state index contributed by atoms with van der Waals surface area (Å²) in [5, 5.41) is 11.9. The number of carbonyl (C=O) groups excluding carboxylic acids is 1. The van der Waals surface area contributed by atoms with Crippen molar-refractivity contribution in [2.24, 2.45) is 11.8 Å². The van der Waals surface area contributed by atoms with Gasteiger partial charge in [-0.3, -0.25) is 4.79 Å². The summed E-state index contributed by atoms with van der Waals surface area (Å²) in [7, 11) is 1.66. The van der Waals surface area contributed by atoms with E-state index in [2.05, 4.69) is 5.32 Å². The highest BCUT2D eigenvalue weighted by molar-refractivity contribution is 5.75. The number of carboxylic acids is 1. The molecule has 0 spiro atoms. The van der Waals surface area contributed by atoms with E-state index in [0.29, 0.717) is 19.1 Å². The number of methoxy groups -OCH3 is 1. The quantitative estimate of drug-likeness (QED) is 0.782. The van der Waals surface area contributed by atoms with Gasteiger partial charge in [0.05, 0.1) is 6.61 Å². The molecule has 0 aromatic rings. The number of aliphatic carboxylic acids is 1. The standard InChI is InChI=1S/C15H26N2O4/c1-10(9-21-2)8-16-15(20)17-12-3-4-13(17)6-11(5-12)7-14(18)19/h10-13H,3-9H2,1-2H3,(H,16,20)(H,18,19). The molecule has 6 nitrogen and oxygen atoms in total. The second-order valence-corrected chi connectivity index (χ2v) is 6.47. The molecule has 0 saturated carbocycles. The molecule has 21 heavy (non-hydrogen) atoms. The largest absolute Gasteiger partial charge is 0.481 e. The Kier molecular flexibility index (Phi) is 5.45. The first-order valence-electron chi connectivity index (χ1n) is 7.78. The Morgan fingerprint density at radius 2 is 1.95 bits per heavy atom. The Morgan fingerprint density at radius 3 is 2.48 bits per heavy atom. The van der Waals surface area contributed by atoms with Crippen LogP contribution in [-0.4, -0.2) is 54.4 Å². The molecule has 3 unspecified atom stereocenters. The number of hydrogen-bond acceptors (Lipinski definition) is 3. The maximum absolute atomic E-state index is 12.4. The molecule has 0 radical (unpaired) electrons. The zero-order valence-electron chi connectivity index (χ0n) is 12.9. The Labute approximate surface area is 125 Å². The van der Waals surface area contributed by atoms with E-state index in [-0.39, 0.29) is 30.5 Å². The van der Waals surface area contributed by atoms with Gasteiger partial charge in [0, 0.05) is 32.2 Å². The van der Waals surface area contributed by atoms with Crippen LogP contribution in [0.3, 0.4) is 0 Å². The maximum Gasteiger partial charge on any atom is 0.317 e. The van der Waals surface area contributed by atoms with Gasteiger partial charge in [-0.15, -0.1) is 0 Å². The van der Waals surface area contributed by atoms with Crippen LogP contribution >= 0.6 is 0 Å². The second-order valence-electron chi connectivity index (χ2n) is 6.47. The first-order chi connectivity index (χ1) is 10.0. The third-order valence-electron chi connectivity index (χ3n) is 4.58. The van der Waals surface area contributed by atoms with Crippen molar-refractivity contribution in [2.45, 2.75) is 51.1 Å². The van der Waals surface area contributed by atoms with Gasteiger partial charge in [-0.1, -0.05) is 6.92 Å². The molecule has 6 heteroatoms. The molecule has 2 fully saturated rings. The topological polar surface area (TPSA) is 78.9 Å². The zero-order chi connectivity index (χ0) is 15.4. The van der Waals surface area contributed by atoms with Gasteiger partial charge in [0.1, 0.15) is 0 Å². The molecule has 0 aliphatic carbocycles. The van der Waals surface area contributed by atoms with E-state index < -0.39 is 5.97 Å². The van der Waals surface area contributed by atoms with Crippen LogP contribution < -0.4 is 5.32 Å². The van der Waals surface area contributed by atoms with Crippen LogP contribution in [0.15, 0.2) is 0 Å². The number of amides is 2. The number of nitrogens with one attached hydrogen (secondary N) is 1. The van der Waals surface area contributed by atoms with Gasteiger partial charge in [-0.25, -0.2) is 4.79 Å². The van der Waals surface area contributed by atoms with E-state index in [1.54, 1.807) is 7.11 Å². The van der Waals surface area contributed by atoms with Crippen molar-refractivity contribution >= 4 is 12.0 Å². The van der Waals surface area contributed by atoms with E-state index in [9.17, 15) is 9.59 Å². The van der Waals surface area contributed by atoms with Crippen LogP contribution in [0.1, 0.15) is 39.0 Å². The van der Waals surface area contributed by atoms with Gasteiger partial charge in [0.2, 0.25) is 0 Å². The van der Waals surface area contributed by atoms with Gasteiger partial charge < -0.3 is 20.1 Å². The van der Waals surface area contributed by atoms with Crippen molar-refractivity contribution in [3.8, 4) is 0 Å². The average molecular weight is 298 g/mol. The molecule has 2 aliphatic heterocycles. The first kappa shape index (κ1) is 16.1. The molecule has 2 rings (SSSR count). The number of fused-ring (bicyclic) bond motifs is 2. The first-order valence-corrected chi connectivity index (χ1v) is 7.78. The second kappa shape index (κ2) is 7.11. The Balaban J connectivity index is 1.85. The van der Waals surface area contributed by atoms with Crippen molar-refractivity contribution in [3.05, 3.63) is 0 Å². The van der Waals surface area contributed by atoms with Crippen molar-refractivity contribution in [1.82, 2.24) is 10.2 Å². The molecule has 2 saturated heterocycles. The number of hydrogen-bond donors (Lipinski definition) is 2. The minimum Gasteiger partial charge on any atom is -0.481 e. The monoisotopic (exact) mass is 298 g/mol. The van der Waals surface area contributed by atoms with E-state index in [0.717, 1.165) is 25.7 Å². The molecule has 0 aromatic carbocycles. The number of piperidine rings is 1. The number of urea groups is 1. The molecule has 3 atom stereocenters. The summed E-state index contributed by atoms with van der Waals surface area (Å²) in [6, 6.07) is 0.427. The number of nitrogens with zero attached hydrogens (tertiary/aromatic N) is 1. The lowest BCUT2D eigenvalue weighted by Gasteiger charge is -2.38. The zero-order valence-corrected chi connectivity index (χ0v) is 12.9. The van der Waals surface area contributed by atoms with Crippen LogP contribution in [0, 0.1) is 11.8 Å². The molecule has 120 valence electrons. The van der Waals surface area contributed by atoms with E-state index >= 15 is 0 Å². The SMILES string of the molecule is COCC(C)CNC(=O)N1C2CCC1CC(CC(=O)O)C2. The molecule has 0 aromatic heterocycles. The van der Waals surface area contributed by atoms with Gasteiger partial charge >= 0.3 is 12.0 Å². The third kappa shape index (κ3) is 4.09. The third-order valence-corrected chi connectivity index (χ3v) is 4.58. The van der Waals surface area contributed by atoms with Gasteiger partial charge in [-0.2, -0.15) is 0 Å². The predicted octanol–water partition coefficient (Wildman–Crippen LogP) is 1.70. The lowest BCUT2D eigenvalue weighted by atomic mass is 9.88. The number of carbonyl (C=O) groups is 2. The fourth-order valence-corrected chi connectivity index (χ4v) is 3.73. The fraction of sp³-hybridized carbons (Fsp3) is 0.867. The van der Waals surface area contributed by atoms with E-state index in [4.69, 9.17) is 9.84 Å². The van der Waals surface area contributed by atoms with Crippen molar-refractivity contribution in [1.29, 1.82) is 0 Å². The summed E-state index contributed by atoms with van der Waals surface area (Å²) >= 11 is 0. The Bertz CT molecular complexity index is 374. The summed E-state index contributed by atoms with van der Waals surface area (Å²) in [5.74, 6) is -0.219. The van der Waals surface area contributed by atoms with Crippen LogP contribution in [0.5, 0.6) is 0 Å². The molecule has 2 bridgehead atoms. The molecular weight excluding hydrogens is 272 g/mol. The minimum atomic E-state index is -0.731.